The average molecular weight is 964 g/mol. The van der Waals surface area contributed by atoms with Gasteiger partial charge >= 0.3 is 11.9 Å². The molecule has 1 spiro atoms. The molecule has 0 bridgehead atoms. The minimum atomic E-state index is -1.61. The summed E-state index contributed by atoms with van der Waals surface area (Å²) in [6, 6.07) is 11.0. The van der Waals surface area contributed by atoms with Crippen molar-refractivity contribution < 1.29 is 58.4 Å². The van der Waals surface area contributed by atoms with E-state index in [2.05, 4.69) is 31.6 Å². The molecule has 9 N–H and O–H groups in total. The van der Waals surface area contributed by atoms with Gasteiger partial charge in [0.05, 0.1) is 0 Å². The monoisotopic (exact) mass is 963 g/mol. The topological polar surface area (TPSA) is 286 Å². The van der Waals surface area contributed by atoms with Crippen molar-refractivity contribution in [1.29, 1.82) is 0 Å². The van der Waals surface area contributed by atoms with E-state index in [1.807, 2.05) is 0 Å². The minimum absolute atomic E-state index is 0.0818. The van der Waals surface area contributed by atoms with Gasteiger partial charge in [0.25, 0.3) is 0 Å². The highest BCUT2D eigenvalue weighted by Crippen LogP contribution is 2.38. The highest BCUT2D eigenvalue weighted by molar-refractivity contribution is 5.99. The van der Waals surface area contributed by atoms with Crippen LogP contribution in [0.4, 0.5) is 0 Å². The second-order valence-electron chi connectivity index (χ2n) is 18.8. The fourth-order valence-electron chi connectivity index (χ4n) is 9.27. The molecule has 3 aromatic carbocycles. The molecule has 2 saturated carbocycles. The molecule has 372 valence electrons. The van der Waals surface area contributed by atoms with Gasteiger partial charge in [0.2, 0.25) is 35.4 Å². The van der Waals surface area contributed by atoms with Crippen LogP contribution in [-0.2, 0) is 55.9 Å². The number of carboxylic acid groups (broad SMARTS) is 1. The fraction of sp³-hybridized carbons (Fsp3) is 0.451. The number of carbonyl (C=O) groups is 8. The van der Waals surface area contributed by atoms with E-state index >= 15 is 0 Å². The number of phenols is 2. The van der Waals surface area contributed by atoms with E-state index in [4.69, 9.17) is 4.74 Å². The Balaban J connectivity index is 1.29. The van der Waals surface area contributed by atoms with Crippen molar-refractivity contribution in [3.05, 3.63) is 95.7 Å². The Kier molecular flexibility index (Phi) is 16.1. The number of amides is 6. The third kappa shape index (κ3) is 12.6. The summed E-state index contributed by atoms with van der Waals surface area (Å²) in [4.78, 5) is 117. The maximum Gasteiger partial charge on any atom is 0.332 e. The Hall–Kier alpha value is -7.44. The molecule has 1 aliphatic heterocycles. The molecule has 70 heavy (non-hydrogen) atoms. The summed E-state index contributed by atoms with van der Waals surface area (Å²) in [7, 11) is 1.34. The van der Waals surface area contributed by atoms with Crippen LogP contribution in [0.1, 0.15) is 100 Å². The van der Waals surface area contributed by atoms with E-state index < -0.39 is 102 Å². The smallest absolute Gasteiger partial charge is 0.332 e. The summed E-state index contributed by atoms with van der Waals surface area (Å²) in [6.45, 7) is 1.42. The van der Waals surface area contributed by atoms with Gasteiger partial charge in [-0.25, -0.2) is 4.79 Å². The number of aromatic amines is 1. The van der Waals surface area contributed by atoms with Crippen molar-refractivity contribution in [2.45, 2.75) is 132 Å². The number of esters is 1. The predicted octanol–water partition coefficient (Wildman–Crippen LogP) is 3.32. The number of nitrogens with one attached hydrogen (secondary N) is 6. The van der Waals surface area contributed by atoms with Crippen molar-refractivity contribution in [1.82, 2.24) is 36.5 Å². The molecule has 1 aromatic heterocycles. The van der Waals surface area contributed by atoms with Gasteiger partial charge in [-0.05, 0) is 85.5 Å². The molecular formula is C51H61N7O12. The number of rotatable bonds is 12. The highest BCUT2D eigenvalue weighted by Gasteiger charge is 2.55. The summed E-state index contributed by atoms with van der Waals surface area (Å²) in [5, 5.41) is 44.3. The van der Waals surface area contributed by atoms with Gasteiger partial charge in [0.1, 0.15) is 53.4 Å². The largest absolute Gasteiger partial charge is 0.508 e. The number of ether oxygens (including phenoxy) is 1. The number of cyclic esters (lactones) is 1. The molecule has 6 unspecified atom stereocenters. The molecule has 6 atom stereocenters. The van der Waals surface area contributed by atoms with Crippen LogP contribution in [-0.4, -0.2) is 115 Å². The normalized spacial score (nSPS) is 24.0. The number of hydrogen-bond acceptors (Lipinski definition) is 11. The number of benzene rings is 3. The first-order chi connectivity index (χ1) is 33.5. The number of carboxylic acids is 1. The maximum absolute atomic E-state index is 14.9. The van der Waals surface area contributed by atoms with Crippen molar-refractivity contribution >= 4 is 58.3 Å². The molecule has 0 radical (unpaired) electrons. The molecule has 2 aliphatic carbocycles. The van der Waals surface area contributed by atoms with E-state index in [1.54, 1.807) is 42.6 Å². The van der Waals surface area contributed by atoms with Gasteiger partial charge in [0, 0.05) is 49.8 Å². The first-order valence-electron chi connectivity index (χ1n) is 23.8. The number of aromatic hydroxyl groups is 2. The van der Waals surface area contributed by atoms with Crippen LogP contribution in [0.3, 0.4) is 0 Å². The van der Waals surface area contributed by atoms with E-state index in [0.717, 1.165) is 37.0 Å². The summed E-state index contributed by atoms with van der Waals surface area (Å²) < 4.78 is 5.96. The van der Waals surface area contributed by atoms with E-state index in [0.29, 0.717) is 34.4 Å². The molecule has 6 amide bonds. The van der Waals surface area contributed by atoms with Crippen molar-refractivity contribution in [2.75, 3.05) is 7.05 Å². The Morgan fingerprint density at radius 2 is 1.44 bits per heavy atom. The third-order valence-corrected chi connectivity index (χ3v) is 13.6. The van der Waals surface area contributed by atoms with Crippen molar-refractivity contribution in [2.24, 2.45) is 5.92 Å². The van der Waals surface area contributed by atoms with Gasteiger partial charge < -0.3 is 56.5 Å². The van der Waals surface area contributed by atoms with Gasteiger partial charge in [0.15, 0.2) is 0 Å². The van der Waals surface area contributed by atoms with Gasteiger partial charge in [-0.2, -0.15) is 0 Å². The number of carbonyl (C=O) groups excluding carboxylic acids is 7. The number of aromatic nitrogens is 1. The fourth-order valence-corrected chi connectivity index (χ4v) is 9.27. The Morgan fingerprint density at radius 3 is 2.13 bits per heavy atom. The standard InChI is InChI=1S/C51H61N7O12/c1-29-43(55-41(61)21-13-30-9-5-3-6-10-30)49(68)58(2)40(25-31-11-7-4-8-12-31)47(66)53-38(20-22-42(62)63)45(64)54-39(26-33-28-52-37-19-18-35(60)27-36(33)37)46(65)56-44(32-14-16-34(59)17-15-32)48(67)57-51(23-24-51)50(69)70-29/h4,7-8,11-12,14-19,27-30,38-40,43-44,52,59-60H,3,5-6,9-10,13,20-26H2,1-2H3,(H,53,66)(H,54,64)(H,55,61)(H,56,65)(H,57,67)(H,62,63). The number of likely N-dealkylation sites (N-methyl/N-ethyl adjacent to an activating group) is 1. The number of aliphatic carboxylic acids is 1. The van der Waals surface area contributed by atoms with Crippen LogP contribution in [0, 0.1) is 5.92 Å². The molecule has 19 heteroatoms. The SMILES string of the molecule is CC1OC(=O)C2(CC2)NC(=O)C(c2ccc(O)cc2)NC(=O)C(Cc2c[nH]c3ccc(O)cc23)NC(=O)C(CCC(=O)O)NC(=O)C(Cc2ccccc2)N(C)C(=O)C1NC(=O)CCC1CCCCC1. The Labute approximate surface area is 404 Å². The molecular weight excluding hydrogens is 903 g/mol. The Bertz CT molecular complexity index is 2570. The highest BCUT2D eigenvalue weighted by atomic mass is 16.5. The van der Waals surface area contributed by atoms with Crippen LogP contribution in [0.5, 0.6) is 11.5 Å². The van der Waals surface area contributed by atoms with Crippen LogP contribution in [0.15, 0.2) is 79.0 Å². The number of hydrogen-bond donors (Lipinski definition) is 9. The molecule has 3 aliphatic rings. The minimum Gasteiger partial charge on any atom is -0.508 e. The molecule has 1 saturated heterocycles. The molecule has 19 nitrogen and oxygen atoms in total. The van der Waals surface area contributed by atoms with E-state index in [1.165, 1.54) is 50.4 Å². The number of phenolic OH excluding ortho intramolecular Hbond substituents is 2. The molecule has 4 aromatic rings. The van der Waals surface area contributed by atoms with Gasteiger partial charge in [-0.1, -0.05) is 74.6 Å². The zero-order chi connectivity index (χ0) is 50.1. The molecule has 7 rings (SSSR count). The van der Waals surface area contributed by atoms with Gasteiger partial charge in [-0.15, -0.1) is 0 Å². The third-order valence-electron chi connectivity index (χ3n) is 13.6. The van der Waals surface area contributed by atoms with Crippen molar-refractivity contribution in [3.8, 4) is 11.5 Å². The lowest BCUT2D eigenvalue weighted by molar-refractivity contribution is -0.159. The van der Waals surface area contributed by atoms with Crippen LogP contribution < -0.4 is 26.6 Å². The second-order valence-corrected chi connectivity index (χ2v) is 18.8. The number of nitrogens with zero attached hydrogens (tertiary/aromatic N) is 1. The zero-order valence-corrected chi connectivity index (χ0v) is 39.2. The van der Waals surface area contributed by atoms with Crippen LogP contribution in [0.2, 0.25) is 0 Å². The van der Waals surface area contributed by atoms with Crippen LogP contribution in [0.25, 0.3) is 10.9 Å². The lowest BCUT2D eigenvalue weighted by Gasteiger charge is -2.34. The van der Waals surface area contributed by atoms with Crippen LogP contribution >= 0.6 is 0 Å². The first-order valence-corrected chi connectivity index (χ1v) is 23.8. The van der Waals surface area contributed by atoms with Crippen molar-refractivity contribution in [3.63, 3.8) is 0 Å². The summed E-state index contributed by atoms with van der Waals surface area (Å²) in [6.07, 6.45) is 4.93. The maximum atomic E-state index is 14.9. The van der Waals surface area contributed by atoms with Gasteiger partial charge in [-0.3, -0.25) is 33.6 Å². The lowest BCUT2D eigenvalue weighted by Crippen LogP contribution is -2.61. The predicted molar refractivity (Wildman–Crippen MR) is 253 cm³/mol. The first kappa shape index (κ1) is 50.4. The summed E-state index contributed by atoms with van der Waals surface area (Å²) >= 11 is 0. The van der Waals surface area contributed by atoms with E-state index in [-0.39, 0.29) is 49.2 Å². The molecule has 3 fully saturated rings. The summed E-state index contributed by atoms with van der Waals surface area (Å²) in [5.74, 6) is -7.00. The van der Waals surface area contributed by atoms with E-state index in [9.17, 15) is 53.7 Å². The second kappa shape index (κ2) is 22.3. The zero-order valence-electron chi connectivity index (χ0n) is 39.2. The average Bonchev–Trinajstić information content (AvgIpc) is 4.03. The summed E-state index contributed by atoms with van der Waals surface area (Å²) in [5.41, 5.74) is 0.217. The Morgan fingerprint density at radius 1 is 0.771 bits per heavy atom. The number of H-pyrrole nitrogens is 1. The lowest BCUT2D eigenvalue weighted by atomic mass is 9.86. The number of fused-ring (bicyclic) bond motifs is 1. The molecule has 2 heterocycles. The quantitative estimate of drug-likeness (QED) is 0.0925.